The monoisotopic (exact) mass is 191 g/mol. The first-order valence-corrected chi connectivity index (χ1v) is 5.18. The van der Waals surface area contributed by atoms with Crippen molar-refractivity contribution in [3.63, 3.8) is 0 Å². The van der Waals surface area contributed by atoms with Gasteiger partial charge in [-0.05, 0) is 31.7 Å². The smallest absolute Gasteiger partial charge is 0.0616 e. The van der Waals surface area contributed by atoms with E-state index in [0.717, 1.165) is 25.5 Å². The van der Waals surface area contributed by atoms with Crippen molar-refractivity contribution in [1.82, 2.24) is 5.32 Å². The Balaban J connectivity index is 2.03. The third-order valence-electron chi connectivity index (χ3n) is 2.22. The maximum atomic E-state index is 5.67. The molecule has 1 aliphatic rings. The standard InChI is InChI=1S/C9H18ClNO/c1-12-7-9(4-5-10)11-6-8-2-3-8/h8-9,11H,2-7H2,1H3. The molecular formula is C9H18ClNO. The summed E-state index contributed by atoms with van der Waals surface area (Å²) >= 11 is 5.67. The van der Waals surface area contributed by atoms with Crippen LogP contribution in [0.5, 0.6) is 0 Å². The lowest BCUT2D eigenvalue weighted by Crippen LogP contribution is -2.35. The Hall–Kier alpha value is 0.210. The van der Waals surface area contributed by atoms with Gasteiger partial charge in [-0.3, -0.25) is 0 Å². The molecule has 1 unspecified atom stereocenters. The van der Waals surface area contributed by atoms with Gasteiger partial charge in [0.2, 0.25) is 0 Å². The Morgan fingerprint density at radius 2 is 2.33 bits per heavy atom. The highest BCUT2D eigenvalue weighted by Gasteiger charge is 2.21. The van der Waals surface area contributed by atoms with Crippen molar-refractivity contribution in [1.29, 1.82) is 0 Å². The van der Waals surface area contributed by atoms with Gasteiger partial charge in [0.15, 0.2) is 0 Å². The summed E-state index contributed by atoms with van der Waals surface area (Å²) in [6.45, 7) is 1.92. The number of hydrogen-bond donors (Lipinski definition) is 1. The van der Waals surface area contributed by atoms with Crippen molar-refractivity contribution in [3.05, 3.63) is 0 Å². The summed E-state index contributed by atoms with van der Waals surface area (Å²) in [5.74, 6) is 1.64. The van der Waals surface area contributed by atoms with Crippen LogP contribution in [0.3, 0.4) is 0 Å². The molecule has 1 fully saturated rings. The van der Waals surface area contributed by atoms with Crippen molar-refractivity contribution in [3.8, 4) is 0 Å². The number of methoxy groups -OCH3 is 1. The largest absolute Gasteiger partial charge is 0.383 e. The van der Waals surface area contributed by atoms with Gasteiger partial charge in [0, 0.05) is 19.0 Å². The first kappa shape index (κ1) is 10.3. The van der Waals surface area contributed by atoms with Gasteiger partial charge in [-0.25, -0.2) is 0 Å². The molecule has 0 aromatic heterocycles. The van der Waals surface area contributed by atoms with Crippen molar-refractivity contribution in [2.75, 3.05) is 26.1 Å². The van der Waals surface area contributed by atoms with Crippen LogP contribution in [-0.4, -0.2) is 32.2 Å². The Kier molecular flexibility index (Phi) is 4.96. The summed E-state index contributed by atoms with van der Waals surface area (Å²) in [6, 6.07) is 0.452. The van der Waals surface area contributed by atoms with Gasteiger partial charge in [0.05, 0.1) is 6.61 Å². The highest BCUT2D eigenvalue weighted by molar-refractivity contribution is 6.17. The zero-order chi connectivity index (χ0) is 8.81. The summed E-state index contributed by atoms with van der Waals surface area (Å²) in [7, 11) is 1.74. The number of halogens is 1. The van der Waals surface area contributed by atoms with Gasteiger partial charge in [-0.1, -0.05) is 0 Å². The molecule has 2 nitrogen and oxygen atoms in total. The third kappa shape index (κ3) is 4.29. The van der Waals surface area contributed by atoms with Crippen molar-refractivity contribution >= 4 is 11.6 Å². The topological polar surface area (TPSA) is 21.3 Å². The molecule has 0 bridgehead atoms. The molecule has 0 radical (unpaired) electrons. The van der Waals surface area contributed by atoms with Crippen molar-refractivity contribution in [2.24, 2.45) is 5.92 Å². The van der Waals surface area contributed by atoms with Crippen molar-refractivity contribution in [2.45, 2.75) is 25.3 Å². The average Bonchev–Trinajstić information content (AvgIpc) is 2.84. The molecule has 1 N–H and O–H groups in total. The lowest BCUT2D eigenvalue weighted by atomic mass is 10.2. The minimum absolute atomic E-state index is 0.452. The van der Waals surface area contributed by atoms with Gasteiger partial charge in [-0.15, -0.1) is 11.6 Å². The van der Waals surface area contributed by atoms with E-state index in [1.54, 1.807) is 7.11 Å². The van der Waals surface area contributed by atoms with Crippen LogP contribution in [0.1, 0.15) is 19.3 Å². The Morgan fingerprint density at radius 1 is 1.58 bits per heavy atom. The molecule has 0 spiro atoms. The summed E-state index contributed by atoms with van der Waals surface area (Å²) in [5.41, 5.74) is 0. The summed E-state index contributed by atoms with van der Waals surface area (Å²) in [4.78, 5) is 0. The molecule has 72 valence electrons. The van der Waals surface area contributed by atoms with E-state index in [1.165, 1.54) is 12.8 Å². The zero-order valence-corrected chi connectivity index (χ0v) is 8.44. The summed E-state index contributed by atoms with van der Waals surface area (Å²) < 4.78 is 5.09. The fourth-order valence-electron chi connectivity index (χ4n) is 1.23. The quantitative estimate of drug-likeness (QED) is 0.618. The Bertz CT molecular complexity index is 111. The normalized spacial score (nSPS) is 19.5. The molecule has 1 rings (SSSR count). The molecule has 0 aromatic rings. The first-order chi connectivity index (χ1) is 5.86. The molecule has 0 aromatic carbocycles. The van der Waals surface area contributed by atoms with E-state index in [9.17, 15) is 0 Å². The average molecular weight is 192 g/mol. The van der Waals surface area contributed by atoms with E-state index >= 15 is 0 Å². The van der Waals surface area contributed by atoms with Crippen LogP contribution in [0, 0.1) is 5.92 Å². The number of alkyl halides is 1. The van der Waals surface area contributed by atoms with Crippen LogP contribution >= 0.6 is 11.6 Å². The maximum absolute atomic E-state index is 5.67. The second kappa shape index (κ2) is 5.79. The number of ether oxygens (including phenoxy) is 1. The molecule has 0 heterocycles. The highest BCUT2D eigenvalue weighted by Crippen LogP contribution is 2.27. The molecule has 0 aliphatic heterocycles. The van der Waals surface area contributed by atoms with Crippen LogP contribution in [-0.2, 0) is 4.74 Å². The second-order valence-corrected chi connectivity index (χ2v) is 3.86. The Morgan fingerprint density at radius 3 is 2.83 bits per heavy atom. The van der Waals surface area contributed by atoms with E-state index in [2.05, 4.69) is 5.32 Å². The molecule has 1 saturated carbocycles. The fourth-order valence-corrected chi connectivity index (χ4v) is 1.50. The molecule has 3 heteroatoms. The molecule has 0 amide bonds. The first-order valence-electron chi connectivity index (χ1n) is 4.65. The summed E-state index contributed by atoms with van der Waals surface area (Å²) in [5, 5.41) is 3.47. The van der Waals surface area contributed by atoms with E-state index in [4.69, 9.17) is 16.3 Å². The second-order valence-electron chi connectivity index (χ2n) is 3.48. The van der Waals surface area contributed by atoms with Crippen LogP contribution < -0.4 is 5.32 Å². The van der Waals surface area contributed by atoms with E-state index in [-0.39, 0.29) is 0 Å². The van der Waals surface area contributed by atoms with E-state index in [1.807, 2.05) is 0 Å². The van der Waals surface area contributed by atoms with Crippen molar-refractivity contribution < 1.29 is 4.74 Å². The van der Waals surface area contributed by atoms with E-state index in [0.29, 0.717) is 11.9 Å². The van der Waals surface area contributed by atoms with Crippen LogP contribution in [0.4, 0.5) is 0 Å². The predicted molar refractivity (Wildman–Crippen MR) is 51.7 cm³/mol. The lowest BCUT2D eigenvalue weighted by Gasteiger charge is -2.16. The van der Waals surface area contributed by atoms with E-state index < -0.39 is 0 Å². The fraction of sp³-hybridized carbons (Fsp3) is 1.00. The van der Waals surface area contributed by atoms with Gasteiger partial charge in [0.25, 0.3) is 0 Å². The maximum Gasteiger partial charge on any atom is 0.0616 e. The molecule has 12 heavy (non-hydrogen) atoms. The summed E-state index contributed by atoms with van der Waals surface area (Å²) in [6.07, 6.45) is 3.79. The zero-order valence-electron chi connectivity index (χ0n) is 7.68. The minimum atomic E-state index is 0.452. The molecule has 1 aliphatic carbocycles. The molecular weight excluding hydrogens is 174 g/mol. The third-order valence-corrected chi connectivity index (χ3v) is 2.44. The SMILES string of the molecule is COCC(CCCl)NCC1CC1. The molecule has 1 atom stereocenters. The van der Waals surface area contributed by atoms with Gasteiger partial charge < -0.3 is 10.1 Å². The minimum Gasteiger partial charge on any atom is -0.383 e. The van der Waals surface area contributed by atoms with Gasteiger partial charge >= 0.3 is 0 Å². The predicted octanol–water partition coefficient (Wildman–Crippen LogP) is 1.63. The number of hydrogen-bond acceptors (Lipinski definition) is 2. The number of nitrogens with one attached hydrogen (secondary N) is 1. The van der Waals surface area contributed by atoms with Gasteiger partial charge in [-0.2, -0.15) is 0 Å². The van der Waals surface area contributed by atoms with Crippen LogP contribution in [0.2, 0.25) is 0 Å². The van der Waals surface area contributed by atoms with Crippen LogP contribution in [0.15, 0.2) is 0 Å². The molecule has 0 saturated heterocycles. The lowest BCUT2D eigenvalue weighted by molar-refractivity contribution is 0.164. The Labute approximate surface area is 79.6 Å². The van der Waals surface area contributed by atoms with Gasteiger partial charge in [0.1, 0.15) is 0 Å². The van der Waals surface area contributed by atoms with Crippen LogP contribution in [0.25, 0.3) is 0 Å². The number of rotatable bonds is 7. The highest BCUT2D eigenvalue weighted by atomic mass is 35.5.